The second-order valence-corrected chi connectivity index (χ2v) is 4.67. The summed E-state index contributed by atoms with van der Waals surface area (Å²) in [4.78, 5) is 0. The number of halogens is 3. The predicted molar refractivity (Wildman–Crippen MR) is 37.2 cm³/mol. The molecule has 0 N–H and O–H groups in total. The highest BCUT2D eigenvalue weighted by atomic mass is 32.3. The van der Waals surface area contributed by atoms with Crippen LogP contribution in [0.3, 0.4) is 0 Å². The lowest BCUT2D eigenvalue weighted by Gasteiger charge is -2.25. The molecule has 0 aromatic carbocycles. The monoisotopic (exact) mass is 202 g/mol. The van der Waals surface area contributed by atoms with E-state index in [1.807, 2.05) is 0 Å². The Morgan fingerprint density at radius 3 is 2.25 bits per heavy atom. The third-order valence-corrected chi connectivity index (χ3v) is 3.19. The van der Waals surface area contributed by atoms with Crippen LogP contribution in [0.15, 0.2) is 0 Å². The molecule has 1 unspecified atom stereocenters. The predicted octanol–water partition coefficient (Wildman–Crippen LogP) is 1.86. The summed E-state index contributed by atoms with van der Waals surface area (Å²) in [5, 5.41) is -1.50. The van der Waals surface area contributed by atoms with E-state index in [1.165, 1.54) is 0 Å². The fourth-order valence-electron chi connectivity index (χ4n) is 1.37. The molecule has 0 saturated heterocycles. The first-order valence-electron chi connectivity index (χ1n) is 3.62. The molecule has 2 nitrogen and oxygen atoms in total. The van der Waals surface area contributed by atoms with Gasteiger partial charge in [0.25, 0.3) is 0 Å². The molecule has 1 atom stereocenters. The smallest absolute Gasteiger partial charge is 0.207 e. The highest BCUT2D eigenvalue weighted by Gasteiger charge is 2.41. The summed E-state index contributed by atoms with van der Waals surface area (Å²) in [6.07, 6.45) is -1.12. The summed E-state index contributed by atoms with van der Waals surface area (Å²) >= 11 is 0. The summed E-state index contributed by atoms with van der Waals surface area (Å²) in [6, 6.07) is 0. The van der Waals surface area contributed by atoms with Crippen molar-refractivity contribution >= 4 is 10.2 Å². The van der Waals surface area contributed by atoms with Gasteiger partial charge in [0.1, 0.15) is 0 Å². The summed E-state index contributed by atoms with van der Waals surface area (Å²) in [5.41, 5.74) is 0. The molecule has 0 aromatic rings. The van der Waals surface area contributed by atoms with Gasteiger partial charge in [0.2, 0.25) is 5.92 Å². The maximum atomic E-state index is 12.6. The van der Waals surface area contributed by atoms with Gasteiger partial charge in [0.15, 0.2) is 0 Å². The number of rotatable bonds is 1. The molecule has 0 spiro atoms. The highest BCUT2D eigenvalue weighted by Crippen LogP contribution is 2.36. The second kappa shape index (κ2) is 2.90. The zero-order valence-corrected chi connectivity index (χ0v) is 7.08. The largest absolute Gasteiger partial charge is 0.305 e. The summed E-state index contributed by atoms with van der Waals surface area (Å²) in [5.74, 6) is -3.01. The number of alkyl halides is 2. The van der Waals surface area contributed by atoms with Gasteiger partial charge in [-0.25, -0.2) is 8.78 Å². The van der Waals surface area contributed by atoms with Crippen molar-refractivity contribution in [2.45, 2.75) is 36.9 Å². The molecule has 0 aliphatic heterocycles. The molecular weight excluding hydrogens is 193 g/mol. The molecule has 1 fully saturated rings. The summed E-state index contributed by atoms with van der Waals surface area (Å²) in [7, 11) is -4.78. The van der Waals surface area contributed by atoms with Crippen LogP contribution in [0.2, 0.25) is 0 Å². The molecule has 0 radical (unpaired) electrons. The van der Waals surface area contributed by atoms with Crippen molar-refractivity contribution in [3.05, 3.63) is 0 Å². The van der Waals surface area contributed by atoms with E-state index in [2.05, 4.69) is 0 Å². The van der Waals surface area contributed by atoms with E-state index in [0.717, 1.165) is 0 Å². The van der Waals surface area contributed by atoms with Gasteiger partial charge in [0.05, 0.1) is 5.25 Å². The number of hydrogen-bond acceptors (Lipinski definition) is 2. The van der Waals surface area contributed by atoms with Gasteiger partial charge >= 0.3 is 10.2 Å². The van der Waals surface area contributed by atoms with Crippen molar-refractivity contribution in [2.75, 3.05) is 0 Å². The van der Waals surface area contributed by atoms with Crippen LogP contribution in [-0.4, -0.2) is 19.6 Å². The number of hydrogen-bond donors (Lipinski definition) is 0. The van der Waals surface area contributed by atoms with Crippen LogP contribution < -0.4 is 0 Å². The minimum atomic E-state index is -4.78. The van der Waals surface area contributed by atoms with Crippen LogP contribution in [-0.2, 0) is 10.2 Å². The molecule has 6 heteroatoms. The zero-order chi connectivity index (χ0) is 9.41. The van der Waals surface area contributed by atoms with Crippen LogP contribution >= 0.6 is 0 Å². The van der Waals surface area contributed by atoms with Crippen LogP contribution in [0.4, 0.5) is 12.7 Å². The normalized spacial score (nSPS) is 30.1. The quantitative estimate of drug-likeness (QED) is 0.608. The zero-order valence-electron chi connectivity index (χ0n) is 6.26. The van der Waals surface area contributed by atoms with E-state index in [9.17, 15) is 21.1 Å². The van der Waals surface area contributed by atoms with Gasteiger partial charge in [-0.15, -0.1) is 3.89 Å². The van der Waals surface area contributed by atoms with Crippen LogP contribution in [0.25, 0.3) is 0 Å². The van der Waals surface area contributed by atoms with Gasteiger partial charge < -0.3 is 0 Å². The van der Waals surface area contributed by atoms with Crippen molar-refractivity contribution in [1.82, 2.24) is 0 Å². The van der Waals surface area contributed by atoms with Crippen molar-refractivity contribution in [3.8, 4) is 0 Å². The van der Waals surface area contributed by atoms with Crippen LogP contribution in [0.1, 0.15) is 25.7 Å². The topological polar surface area (TPSA) is 34.1 Å². The Morgan fingerprint density at radius 1 is 1.33 bits per heavy atom. The fourth-order valence-corrected chi connectivity index (χ4v) is 2.26. The third-order valence-electron chi connectivity index (χ3n) is 1.99. The maximum absolute atomic E-state index is 12.6. The van der Waals surface area contributed by atoms with E-state index in [4.69, 9.17) is 0 Å². The third kappa shape index (κ3) is 2.36. The van der Waals surface area contributed by atoms with E-state index in [-0.39, 0.29) is 19.3 Å². The Kier molecular flexibility index (Phi) is 2.38. The standard InChI is InChI=1S/C6H9F3O2S/c7-6(8)3-1-2-5(4-6)12(9,10)11/h5H,1-4H2. The lowest BCUT2D eigenvalue weighted by atomic mass is 9.96. The van der Waals surface area contributed by atoms with Crippen molar-refractivity contribution in [3.63, 3.8) is 0 Å². The molecule has 1 rings (SSSR count). The molecule has 1 saturated carbocycles. The Balaban J connectivity index is 2.71. The highest BCUT2D eigenvalue weighted by molar-refractivity contribution is 7.87. The minimum Gasteiger partial charge on any atom is -0.207 e. The first-order chi connectivity index (χ1) is 5.31. The Hall–Kier alpha value is -0.260. The summed E-state index contributed by atoms with van der Waals surface area (Å²) in [6.45, 7) is 0. The molecule has 0 heterocycles. The molecule has 1 aliphatic rings. The van der Waals surface area contributed by atoms with Crippen LogP contribution in [0, 0.1) is 0 Å². The van der Waals surface area contributed by atoms with Gasteiger partial charge in [-0.3, -0.25) is 0 Å². The van der Waals surface area contributed by atoms with Gasteiger partial charge in [-0.05, 0) is 12.8 Å². The lowest BCUT2D eigenvalue weighted by molar-refractivity contribution is -0.0328. The average molecular weight is 202 g/mol. The SMILES string of the molecule is O=S(=O)(F)C1CCCC(F)(F)C1. The molecule has 0 aromatic heterocycles. The molecule has 0 amide bonds. The van der Waals surface area contributed by atoms with E-state index >= 15 is 0 Å². The first kappa shape index (κ1) is 9.83. The molecule has 12 heavy (non-hydrogen) atoms. The van der Waals surface area contributed by atoms with Gasteiger partial charge in [-0.2, -0.15) is 8.42 Å². The Labute approximate surface area is 69.0 Å². The van der Waals surface area contributed by atoms with Gasteiger partial charge in [0, 0.05) is 12.8 Å². The van der Waals surface area contributed by atoms with Crippen molar-refractivity contribution in [2.24, 2.45) is 0 Å². The van der Waals surface area contributed by atoms with Crippen LogP contribution in [0.5, 0.6) is 0 Å². The fraction of sp³-hybridized carbons (Fsp3) is 1.00. The Morgan fingerprint density at radius 2 is 1.92 bits per heavy atom. The van der Waals surface area contributed by atoms with Crippen molar-refractivity contribution < 1.29 is 21.1 Å². The van der Waals surface area contributed by atoms with E-state index in [0.29, 0.717) is 0 Å². The lowest BCUT2D eigenvalue weighted by Crippen LogP contribution is -2.32. The average Bonchev–Trinajstić information content (AvgIpc) is 1.83. The molecule has 72 valence electrons. The van der Waals surface area contributed by atoms with Gasteiger partial charge in [-0.1, -0.05) is 0 Å². The summed E-state index contributed by atoms with van der Waals surface area (Å²) < 4.78 is 57.9. The second-order valence-electron chi connectivity index (χ2n) is 3.05. The maximum Gasteiger partial charge on any atom is 0.305 e. The molecule has 1 aliphatic carbocycles. The minimum absolute atomic E-state index is 0.00836. The molecule has 0 bridgehead atoms. The van der Waals surface area contributed by atoms with E-state index in [1.54, 1.807) is 0 Å². The first-order valence-corrected chi connectivity index (χ1v) is 5.07. The Bertz CT molecular complexity index is 260. The van der Waals surface area contributed by atoms with E-state index < -0.39 is 27.8 Å². The van der Waals surface area contributed by atoms with Crippen molar-refractivity contribution in [1.29, 1.82) is 0 Å². The molecular formula is C6H9F3O2S.